The highest BCUT2D eigenvalue weighted by Crippen LogP contribution is 2.05. The molecule has 0 bridgehead atoms. The van der Waals surface area contributed by atoms with Gasteiger partial charge in [0.05, 0.1) is 0 Å². The molecule has 0 spiro atoms. The molecule has 0 saturated carbocycles. The molecule has 0 fully saturated rings. The van der Waals surface area contributed by atoms with Crippen LogP contribution in [-0.4, -0.2) is 4.57 Å². The van der Waals surface area contributed by atoms with Crippen molar-refractivity contribution in [3.05, 3.63) is 28.7 Å². The lowest BCUT2D eigenvalue weighted by molar-refractivity contribution is 0.572. The molecule has 0 aliphatic carbocycles. The van der Waals surface area contributed by atoms with Crippen molar-refractivity contribution < 1.29 is 0 Å². The maximum absolute atomic E-state index is 11.1. The molecule has 0 atom stereocenters. The van der Waals surface area contributed by atoms with Gasteiger partial charge in [-0.1, -0.05) is 0 Å². The van der Waals surface area contributed by atoms with Gasteiger partial charge < -0.3 is 4.57 Å². The minimum absolute atomic E-state index is 0.0257. The Labute approximate surface area is 71.3 Å². The van der Waals surface area contributed by atoms with Crippen LogP contribution in [0.15, 0.2) is 28.0 Å². The van der Waals surface area contributed by atoms with E-state index in [9.17, 15) is 4.79 Å². The smallest absolute Gasteiger partial charge is 0.250 e. The highest BCUT2D eigenvalue weighted by atomic mass is 32.1. The summed E-state index contributed by atoms with van der Waals surface area (Å²) >= 11 is 4.14. The first kappa shape index (κ1) is 8.40. The van der Waals surface area contributed by atoms with E-state index < -0.39 is 0 Å². The van der Waals surface area contributed by atoms with Crippen molar-refractivity contribution in [3.8, 4) is 0 Å². The Bertz CT molecular complexity index is 303. The summed E-state index contributed by atoms with van der Waals surface area (Å²) in [5, 5.41) is 0. The predicted molar refractivity (Wildman–Crippen MR) is 48.3 cm³/mol. The van der Waals surface area contributed by atoms with E-state index in [2.05, 4.69) is 12.6 Å². The summed E-state index contributed by atoms with van der Waals surface area (Å²) in [4.78, 5) is 12.0. The minimum Gasteiger partial charge on any atom is -0.312 e. The summed E-state index contributed by atoms with van der Waals surface area (Å²) in [6.07, 6.45) is 1.75. The van der Waals surface area contributed by atoms with Gasteiger partial charge in [0.25, 0.3) is 5.56 Å². The number of nitrogens with zero attached hydrogens (tertiary/aromatic N) is 1. The van der Waals surface area contributed by atoms with Crippen LogP contribution in [0.1, 0.15) is 19.9 Å². The topological polar surface area (TPSA) is 22.0 Å². The molecular formula is C8H11NOS. The molecule has 0 saturated heterocycles. The second-order valence-electron chi connectivity index (χ2n) is 2.73. The number of aromatic nitrogens is 1. The maximum atomic E-state index is 11.1. The summed E-state index contributed by atoms with van der Waals surface area (Å²) in [5.41, 5.74) is 0.0257. The van der Waals surface area contributed by atoms with Crippen LogP contribution in [0.4, 0.5) is 0 Å². The van der Waals surface area contributed by atoms with Gasteiger partial charge in [0.1, 0.15) is 0 Å². The lowest BCUT2D eigenvalue weighted by Crippen LogP contribution is -2.19. The van der Waals surface area contributed by atoms with E-state index >= 15 is 0 Å². The molecule has 1 aromatic heterocycles. The van der Waals surface area contributed by atoms with Crippen molar-refractivity contribution in [2.45, 2.75) is 24.8 Å². The van der Waals surface area contributed by atoms with Gasteiger partial charge in [-0.15, -0.1) is 12.6 Å². The van der Waals surface area contributed by atoms with Crippen molar-refractivity contribution in [1.82, 2.24) is 4.57 Å². The van der Waals surface area contributed by atoms with E-state index in [1.165, 1.54) is 6.07 Å². The monoisotopic (exact) mass is 169 g/mol. The number of thiol groups is 1. The molecule has 0 aliphatic rings. The Morgan fingerprint density at radius 2 is 2.09 bits per heavy atom. The number of rotatable bonds is 1. The quantitative estimate of drug-likeness (QED) is 0.635. The molecule has 3 heteroatoms. The second-order valence-corrected chi connectivity index (χ2v) is 3.24. The van der Waals surface area contributed by atoms with Gasteiger partial charge >= 0.3 is 0 Å². The van der Waals surface area contributed by atoms with Crippen LogP contribution in [-0.2, 0) is 0 Å². The highest BCUT2D eigenvalue weighted by Gasteiger charge is 1.98. The van der Waals surface area contributed by atoms with Gasteiger partial charge in [0.15, 0.2) is 0 Å². The van der Waals surface area contributed by atoms with E-state index in [0.29, 0.717) is 0 Å². The summed E-state index contributed by atoms with van der Waals surface area (Å²) in [7, 11) is 0. The highest BCUT2D eigenvalue weighted by molar-refractivity contribution is 7.80. The van der Waals surface area contributed by atoms with E-state index in [1.807, 2.05) is 13.8 Å². The lowest BCUT2D eigenvalue weighted by atomic mass is 10.3. The Hall–Kier alpha value is -0.700. The third-order valence-corrected chi connectivity index (χ3v) is 1.74. The zero-order valence-corrected chi connectivity index (χ0v) is 7.51. The molecule has 2 nitrogen and oxygen atoms in total. The van der Waals surface area contributed by atoms with Crippen LogP contribution < -0.4 is 5.56 Å². The lowest BCUT2D eigenvalue weighted by Gasteiger charge is -2.08. The van der Waals surface area contributed by atoms with E-state index in [1.54, 1.807) is 16.8 Å². The van der Waals surface area contributed by atoms with E-state index in [0.717, 1.165) is 4.90 Å². The molecule has 0 N–H and O–H groups in total. The summed E-state index contributed by atoms with van der Waals surface area (Å²) < 4.78 is 1.66. The van der Waals surface area contributed by atoms with E-state index in [4.69, 9.17) is 0 Å². The third-order valence-electron chi connectivity index (χ3n) is 1.48. The molecule has 1 aromatic rings. The Balaban J connectivity index is 3.24. The number of hydrogen-bond acceptors (Lipinski definition) is 2. The fraction of sp³-hybridized carbons (Fsp3) is 0.375. The largest absolute Gasteiger partial charge is 0.312 e. The van der Waals surface area contributed by atoms with Crippen molar-refractivity contribution in [1.29, 1.82) is 0 Å². The molecule has 1 heterocycles. The van der Waals surface area contributed by atoms with Crippen LogP contribution in [0, 0.1) is 0 Å². The third kappa shape index (κ3) is 1.87. The van der Waals surface area contributed by atoms with Crippen molar-refractivity contribution in [2.75, 3.05) is 0 Å². The first-order chi connectivity index (χ1) is 5.11. The summed E-state index contributed by atoms with van der Waals surface area (Å²) in [6.45, 7) is 3.93. The van der Waals surface area contributed by atoms with Gasteiger partial charge in [-0.3, -0.25) is 4.79 Å². The van der Waals surface area contributed by atoms with Crippen molar-refractivity contribution in [2.24, 2.45) is 0 Å². The Morgan fingerprint density at radius 1 is 1.45 bits per heavy atom. The Morgan fingerprint density at radius 3 is 2.55 bits per heavy atom. The van der Waals surface area contributed by atoms with Crippen LogP contribution in [0.3, 0.4) is 0 Å². The molecule has 11 heavy (non-hydrogen) atoms. The van der Waals surface area contributed by atoms with Gasteiger partial charge in [0, 0.05) is 23.2 Å². The second kappa shape index (κ2) is 3.13. The first-order valence-corrected chi connectivity index (χ1v) is 3.97. The number of pyridine rings is 1. The van der Waals surface area contributed by atoms with Crippen LogP contribution in [0.2, 0.25) is 0 Å². The molecule has 0 aliphatic heterocycles. The van der Waals surface area contributed by atoms with E-state index in [-0.39, 0.29) is 11.6 Å². The van der Waals surface area contributed by atoms with Crippen LogP contribution in [0.25, 0.3) is 0 Å². The van der Waals surface area contributed by atoms with Gasteiger partial charge in [-0.25, -0.2) is 0 Å². The zero-order chi connectivity index (χ0) is 8.43. The van der Waals surface area contributed by atoms with Gasteiger partial charge in [-0.05, 0) is 19.9 Å². The van der Waals surface area contributed by atoms with Crippen molar-refractivity contribution >= 4 is 12.6 Å². The molecular weight excluding hydrogens is 158 g/mol. The molecule has 0 aromatic carbocycles. The molecule has 60 valence electrons. The average Bonchev–Trinajstić information content (AvgIpc) is 1.94. The zero-order valence-electron chi connectivity index (χ0n) is 6.61. The SMILES string of the molecule is CC(C)n1cc(S)ccc1=O. The summed E-state index contributed by atoms with van der Waals surface area (Å²) in [6, 6.07) is 3.43. The van der Waals surface area contributed by atoms with Gasteiger partial charge in [-0.2, -0.15) is 0 Å². The standard InChI is InChI=1S/C8H11NOS/c1-6(2)9-5-7(11)3-4-8(9)10/h3-6,11H,1-2H3. The fourth-order valence-electron chi connectivity index (χ4n) is 0.895. The number of hydrogen-bond donors (Lipinski definition) is 1. The Kier molecular flexibility index (Phi) is 2.39. The van der Waals surface area contributed by atoms with Gasteiger partial charge in [0.2, 0.25) is 0 Å². The maximum Gasteiger partial charge on any atom is 0.250 e. The molecule has 0 amide bonds. The summed E-state index contributed by atoms with van der Waals surface area (Å²) in [5.74, 6) is 0. The fourth-order valence-corrected chi connectivity index (χ4v) is 1.09. The predicted octanol–water partition coefficient (Wildman–Crippen LogP) is 1.72. The minimum atomic E-state index is 0.0257. The molecule has 0 unspecified atom stereocenters. The average molecular weight is 169 g/mol. The van der Waals surface area contributed by atoms with Crippen LogP contribution in [0.5, 0.6) is 0 Å². The first-order valence-electron chi connectivity index (χ1n) is 3.52. The molecule has 1 rings (SSSR count). The normalized spacial score (nSPS) is 10.5. The van der Waals surface area contributed by atoms with Crippen LogP contribution >= 0.6 is 12.6 Å². The van der Waals surface area contributed by atoms with Crippen molar-refractivity contribution in [3.63, 3.8) is 0 Å². The molecule has 0 radical (unpaired) electrons.